The number of hydrogen-bond acceptors (Lipinski definition) is 2. The van der Waals surface area contributed by atoms with Crippen LogP contribution in [0.4, 0.5) is 0 Å². The van der Waals surface area contributed by atoms with Gasteiger partial charge in [0.15, 0.2) is 0 Å². The first-order valence-electron chi connectivity index (χ1n) is 7.82. The maximum atomic E-state index is 3.72. The van der Waals surface area contributed by atoms with Crippen molar-refractivity contribution in [3.05, 3.63) is 0 Å². The van der Waals surface area contributed by atoms with E-state index >= 15 is 0 Å². The number of rotatable bonds is 2. The van der Waals surface area contributed by atoms with Crippen molar-refractivity contribution in [3.63, 3.8) is 0 Å². The van der Waals surface area contributed by atoms with Crippen LogP contribution in [0.15, 0.2) is 0 Å². The summed E-state index contributed by atoms with van der Waals surface area (Å²) in [7, 11) is 0. The summed E-state index contributed by atoms with van der Waals surface area (Å²) in [5, 5.41) is 3.72. The highest BCUT2D eigenvalue weighted by Crippen LogP contribution is 2.33. The van der Waals surface area contributed by atoms with E-state index in [4.69, 9.17) is 0 Å². The molecule has 2 heterocycles. The number of hydrogen-bond donors (Lipinski definition) is 1. The molecule has 0 aromatic heterocycles. The van der Waals surface area contributed by atoms with Gasteiger partial charge in [-0.3, -0.25) is 4.90 Å². The van der Waals surface area contributed by atoms with Crippen LogP contribution in [0.5, 0.6) is 0 Å². The Bertz CT molecular complexity index is 247. The molecule has 17 heavy (non-hydrogen) atoms. The summed E-state index contributed by atoms with van der Waals surface area (Å²) in [6.07, 6.45) is 10.1. The SMILES string of the molecule is CC1CCCC1N1CCCC(C2CCCN2)C1. The van der Waals surface area contributed by atoms with Gasteiger partial charge in [0.1, 0.15) is 0 Å². The normalized spacial score (nSPS) is 44.3. The topological polar surface area (TPSA) is 15.3 Å². The van der Waals surface area contributed by atoms with Gasteiger partial charge >= 0.3 is 0 Å². The van der Waals surface area contributed by atoms with Gasteiger partial charge in [0.05, 0.1) is 0 Å². The Morgan fingerprint density at radius 1 is 1.00 bits per heavy atom. The van der Waals surface area contributed by atoms with Crippen LogP contribution in [0.1, 0.15) is 51.9 Å². The third-order valence-corrected chi connectivity index (χ3v) is 5.44. The maximum Gasteiger partial charge on any atom is 0.0121 e. The Morgan fingerprint density at radius 3 is 2.65 bits per heavy atom. The molecule has 0 amide bonds. The zero-order valence-electron chi connectivity index (χ0n) is 11.3. The third-order valence-electron chi connectivity index (χ3n) is 5.44. The largest absolute Gasteiger partial charge is 0.314 e. The lowest BCUT2D eigenvalue weighted by Gasteiger charge is -2.40. The van der Waals surface area contributed by atoms with Gasteiger partial charge in [-0.15, -0.1) is 0 Å². The van der Waals surface area contributed by atoms with Crippen molar-refractivity contribution in [3.8, 4) is 0 Å². The molecule has 3 rings (SSSR count). The van der Waals surface area contributed by atoms with Crippen LogP contribution in [-0.4, -0.2) is 36.6 Å². The molecule has 3 fully saturated rings. The summed E-state index contributed by atoms with van der Waals surface area (Å²) in [5.74, 6) is 1.89. The molecule has 1 N–H and O–H groups in total. The molecule has 2 nitrogen and oxygen atoms in total. The van der Waals surface area contributed by atoms with Crippen LogP contribution in [0.25, 0.3) is 0 Å². The van der Waals surface area contributed by atoms with E-state index in [9.17, 15) is 0 Å². The first-order valence-corrected chi connectivity index (χ1v) is 7.82. The van der Waals surface area contributed by atoms with Crippen molar-refractivity contribution in [1.82, 2.24) is 10.2 Å². The lowest BCUT2D eigenvalue weighted by Crippen LogP contribution is -2.48. The highest BCUT2D eigenvalue weighted by atomic mass is 15.2. The predicted octanol–water partition coefficient (Wildman–Crippen LogP) is 2.64. The highest BCUT2D eigenvalue weighted by Gasteiger charge is 2.35. The van der Waals surface area contributed by atoms with E-state index in [1.54, 1.807) is 0 Å². The van der Waals surface area contributed by atoms with Gasteiger partial charge in [0.25, 0.3) is 0 Å². The number of piperidine rings is 1. The van der Waals surface area contributed by atoms with E-state index in [1.807, 2.05) is 0 Å². The van der Waals surface area contributed by atoms with Gasteiger partial charge in [0.2, 0.25) is 0 Å². The molecule has 0 radical (unpaired) electrons. The molecule has 0 spiro atoms. The summed E-state index contributed by atoms with van der Waals surface area (Å²) < 4.78 is 0. The van der Waals surface area contributed by atoms with Crippen molar-refractivity contribution >= 4 is 0 Å². The minimum Gasteiger partial charge on any atom is -0.314 e. The van der Waals surface area contributed by atoms with Gasteiger partial charge in [-0.2, -0.15) is 0 Å². The molecule has 2 aliphatic heterocycles. The van der Waals surface area contributed by atoms with Gasteiger partial charge in [-0.25, -0.2) is 0 Å². The van der Waals surface area contributed by atoms with Crippen LogP contribution < -0.4 is 5.32 Å². The van der Waals surface area contributed by atoms with Gasteiger partial charge in [-0.1, -0.05) is 13.3 Å². The fourth-order valence-electron chi connectivity index (χ4n) is 4.45. The smallest absolute Gasteiger partial charge is 0.0121 e. The first-order chi connectivity index (χ1) is 8.34. The number of nitrogens with zero attached hydrogens (tertiary/aromatic N) is 1. The van der Waals surface area contributed by atoms with E-state index in [0.717, 1.165) is 23.9 Å². The molecular weight excluding hydrogens is 208 g/mol. The standard InChI is InChI=1S/C15H28N2/c1-12-5-2-8-15(12)17-10-4-6-13(11-17)14-7-3-9-16-14/h12-16H,2-11H2,1H3. The van der Waals surface area contributed by atoms with Crippen LogP contribution in [0.2, 0.25) is 0 Å². The molecule has 4 unspecified atom stereocenters. The molecular formula is C15H28N2. The van der Waals surface area contributed by atoms with Crippen molar-refractivity contribution in [1.29, 1.82) is 0 Å². The lowest BCUT2D eigenvalue weighted by molar-refractivity contribution is 0.0909. The second-order valence-corrected chi connectivity index (χ2v) is 6.58. The second-order valence-electron chi connectivity index (χ2n) is 6.58. The van der Waals surface area contributed by atoms with Gasteiger partial charge in [-0.05, 0) is 63.5 Å². The average molecular weight is 236 g/mol. The molecule has 2 saturated heterocycles. The Hall–Kier alpha value is -0.0800. The minimum absolute atomic E-state index is 0.842. The predicted molar refractivity (Wildman–Crippen MR) is 72.1 cm³/mol. The summed E-state index contributed by atoms with van der Waals surface area (Å²) in [5.41, 5.74) is 0. The fourth-order valence-corrected chi connectivity index (χ4v) is 4.45. The molecule has 1 saturated carbocycles. The van der Waals surface area contributed by atoms with Crippen LogP contribution in [-0.2, 0) is 0 Å². The van der Waals surface area contributed by atoms with Crippen LogP contribution >= 0.6 is 0 Å². The average Bonchev–Trinajstić information content (AvgIpc) is 2.99. The first kappa shape index (κ1) is 12.0. The lowest BCUT2D eigenvalue weighted by atomic mass is 9.88. The van der Waals surface area contributed by atoms with Crippen molar-refractivity contribution < 1.29 is 0 Å². The maximum absolute atomic E-state index is 3.72. The summed E-state index contributed by atoms with van der Waals surface area (Å²) >= 11 is 0. The molecule has 0 bridgehead atoms. The molecule has 4 atom stereocenters. The Balaban J connectivity index is 1.59. The van der Waals surface area contributed by atoms with Gasteiger partial charge < -0.3 is 5.32 Å². The third kappa shape index (κ3) is 2.53. The fraction of sp³-hybridized carbons (Fsp3) is 1.00. The second kappa shape index (κ2) is 5.27. The van der Waals surface area contributed by atoms with E-state index in [2.05, 4.69) is 17.1 Å². The molecule has 0 aromatic rings. The molecule has 2 heteroatoms. The highest BCUT2D eigenvalue weighted by molar-refractivity contribution is 4.91. The summed E-state index contributed by atoms with van der Waals surface area (Å²) in [6.45, 7) is 6.49. The zero-order valence-corrected chi connectivity index (χ0v) is 11.3. The van der Waals surface area contributed by atoms with Crippen LogP contribution in [0, 0.1) is 11.8 Å². The summed E-state index contributed by atoms with van der Waals surface area (Å²) in [6, 6.07) is 1.76. The quantitative estimate of drug-likeness (QED) is 0.793. The number of likely N-dealkylation sites (tertiary alicyclic amines) is 1. The van der Waals surface area contributed by atoms with Crippen molar-refractivity contribution in [2.75, 3.05) is 19.6 Å². The Kier molecular flexibility index (Phi) is 3.72. The molecule has 1 aliphatic carbocycles. The molecule has 0 aromatic carbocycles. The van der Waals surface area contributed by atoms with E-state index in [1.165, 1.54) is 64.6 Å². The van der Waals surface area contributed by atoms with E-state index in [0.29, 0.717) is 0 Å². The van der Waals surface area contributed by atoms with Crippen LogP contribution in [0.3, 0.4) is 0 Å². The van der Waals surface area contributed by atoms with Gasteiger partial charge in [0, 0.05) is 18.6 Å². The van der Waals surface area contributed by atoms with E-state index in [-0.39, 0.29) is 0 Å². The van der Waals surface area contributed by atoms with E-state index < -0.39 is 0 Å². The molecule has 98 valence electrons. The number of nitrogens with one attached hydrogen (secondary N) is 1. The minimum atomic E-state index is 0.842. The molecule has 3 aliphatic rings. The van der Waals surface area contributed by atoms with Crippen molar-refractivity contribution in [2.24, 2.45) is 11.8 Å². The monoisotopic (exact) mass is 236 g/mol. The summed E-state index contributed by atoms with van der Waals surface area (Å²) in [4.78, 5) is 2.84. The Labute approximate surface area is 106 Å². The zero-order chi connectivity index (χ0) is 11.7. The van der Waals surface area contributed by atoms with Crippen molar-refractivity contribution in [2.45, 2.75) is 64.0 Å². The Morgan fingerprint density at radius 2 is 1.94 bits per heavy atom.